The van der Waals surface area contributed by atoms with Gasteiger partial charge in [-0.3, -0.25) is 0 Å². The van der Waals surface area contributed by atoms with Gasteiger partial charge in [0.15, 0.2) is 0 Å². The second kappa shape index (κ2) is 3.66. The lowest BCUT2D eigenvalue weighted by atomic mass is 10.3. The number of nitrogens with zero attached hydrogens (tertiary/aromatic N) is 2. The quantitative estimate of drug-likeness (QED) is 0.832. The number of H-pyrrole nitrogens is 1. The van der Waals surface area contributed by atoms with Crippen molar-refractivity contribution in [1.29, 1.82) is 0 Å². The molecule has 0 aliphatic heterocycles. The zero-order chi connectivity index (χ0) is 11.8. The Labute approximate surface area is 88.9 Å². The number of hydrogen-bond acceptors (Lipinski definition) is 3. The number of halogens is 3. The SMILES string of the molecule is CC(Nc1ncc2cc[nH]c2n1)C(F)(F)F. The average Bonchev–Trinajstić information content (AvgIpc) is 2.63. The third kappa shape index (κ3) is 2.07. The van der Waals surface area contributed by atoms with Crippen molar-refractivity contribution in [3.05, 3.63) is 18.5 Å². The Balaban J connectivity index is 2.21. The minimum absolute atomic E-state index is 0.0419. The number of anilines is 1. The van der Waals surface area contributed by atoms with Gasteiger partial charge in [-0.05, 0) is 13.0 Å². The molecule has 1 atom stereocenters. The molecule has 0 fully saturated rings. The van der Waals surface area contributed by atoms with Crippen LogP contribution < -0.4 is 5.32 Å². The summed E-state index contributed by atoms with van der Waals surface area (Å²) in [5, 5.41) is 2.95. The maximum Gasteiger partial charge on any atom is 0.408 e. The van der Waals surface area contributed by atoms with Crippen molar-refractivity contribution < 1.29 is 13.2 Å². The van der Waals surface area contributed by atoms with Crippen molar-refractivity contribution >= 4 is 17.0 Å². The Hall–Kier alpha value is -1.79. The van der Waals surface area contributed by atoms with E-state index in [-0.39, 0.29) is 5.95 Å². The third-order valence-electron chi connectivity index (χ3n) is 2.14. The Morgan fingerprint density at radius 2 is 2.19 bits per heavy atom. The molecule has 0 amide bonds. The molecular formula is C9H9F3N4. The highest BCUT2D eigenvalue weighted by Gasteiger charge is 2.36. The summed E-state index contributed by atoms with van der Waals surface area (Å²) in [5.74, 6) is -0.0419. The third-order valence-corrected chi connectivity index (χ3v) is 2.14. The van der Waals surface area contributed by atoms with E-state index in [1.54, 1.807) is 12.3 Å². The van der Waals surface area contributed by atoms with E-state index in [0.29, 0.717) is 5.65 Å². The van der Waals surface area contributed by atoms with Crippen LogP contribution in [0.5, 0.6) is 0 Å². The zero-order valence-electron chi connectivity index (χ0n) is 8.34. The molecule has 0 aromatic carbocycles. The first-order valence-corrected chi connectivity index (χ1v) is 4.60. The molecule has 0 bridgehead atoms. The standard InChI is InChI=1S/C9H9F3N4/c1-5(9(10,11)12)15-8-14-4-6-2-3-13-7(6)16-8/h2-5H,1H3,(H2,13,14,15,16). The monoisotopic (exact) mass is 230 g/mol. The molecule has 0 spiro atoms. The van der Waals surface area contributed by atoms with E-state index in [1.807, 2.05) is 0 Å². The van der Waals surface area contributed by atoms with Gasteiger partial charge in [0, 0.05) is 17.8 Å². The summed E-state index contributed by atoms with van der Waals surface area (Å²) >= 11 is 0. The summed E-state index contributed by atoms with van der Waals surface area (Å²) in [6, 6.07) is 0.0617. The Morgan fingerprint density at radius 3 is 2.88 bits per heavy atom. The number of aromatic nitrogens is 3. The number of hydrogen-bond donors (Lipinski definition) is 2. The molecule has 0 aliphatic rings. The first-order chi connectivity index (χ1) is 7.47. The second-order valence-corrected chi connectivity index (χ2v) is 3.38. The van der Waals surface area contributed by atoms with Gasteiger partial charge >= 0.3 is 6.18 Å². The van der Waals surface area contributed by atoms with Crippen LogP contribution in [0.4, 0.5) is 19.1 Å². The number of aromatic amines is 1. The topological polar surface area (TPSA) is 53.6 Å². The molecule has 0 radical (unpaired) electrons. The fourth-order valence-electron chi connectivity index (χ4n) is 1.18. The lowest BCUT2D eigenvalue weighted by molar-refractivity contribution is -0.138. The van der Waals surface area contributed by atoms with Gasteiger partial charge < -0.3 is 10.3 Å². The molecule has 1 unspecified atom stereocenters. The zero-order valence-corrected chi connectivity index (χ0v) is 8.34. The molecule has 2 aromatic heterocycles. The van der Waals surface area contributed by atoms with E-state index in [9.17, 15) is 13.2 Å². The lowest BCUT2D eigenvalue weighted by Crippen LogP contribution is -2.33. The predicted molar refractivity (Wildman–Crippen MR) is 53.0 cm³/mol. The van der Waals surface area contributed by atoms with Crippen molar-refractivity contribution in [3.8, 4) is 0 Å². The Kier molecular flexibility index (Phi) is 2.45. The van der Waals surface area contributed by atoms with Crippen LogP contribution in [0.25, 0.3) is 11.0 Å². The van der Waals surface area contributed by atoms with E-state index in [0.717, 1.165) is 12.3 Å². The Bertz CT molecular complexity index is 491. The van der Waals surface area contributed by atoms with Gasteiger partial charge in [0.1, 0.15) is 11.7 Å². The molecule has 86 valence electrons. The van der Waals surface area contributed by atoms with Crippen molar-refractivity contribution in [2.24, 2.45) is 0 Å². The molecule has 0 aliphatic carbocycles. The molecule has 4 nitrogen and oxygen atoms in total. The number of rotatable bonds is 2. The maximum atomic E-state index is 12.3. The van der Waals surface area contributed by atoms with Gasteiger partial charge in [-0.25, -0.2) is 4.98 Å². The number of fused-ring (bicyclic) bond motifs is 1. The summed E-state index contributed by atoms with van der Waals surface area (Å²) in [6.07, 6.45) is -1.20. The maximum absolute atomic E-state index is 12.3. The van der Waals surface area contributed by atoms with Crippen molar-refractivity contribution in [2.45, 2.75) is 19.1 Å². The molecule has 0 saturated carbocycles. The average molecular weight is 230 g/mol. The highest BCUT2D eigenvalue weighted by atomic mass is 19.4. The van der Waals surface area contributed by atoms with Crippen LogP contribution >= 0.6 is 0 Å². The summed E-state index contributed by atoms with van der Waals surface area (Å²) < 4.78 is 36.8. The van der Waals surface area contributed by atoms with Crippen LogP contribution in [0, 0.1) is 0 Å². The molecule has 16 heavy (non-hydrogen) atoms. The fraction of sp³-hybridized carbons (Fsp3) is 0.333. The molecule has 2 heterocycles. The van der Waals surface area contributed by atoms with Gasteiger partial charge in [-0.1, -0.05) is 0 Å². The molecule has 2 rings (SSSR count). The van der Waals surface area contributed by atoms with Gasteiger partial charge in [0.2, 0.25) is 5.95 Å². The van der Waals surface area contributed by atoms with Gasteiger partial charge in [-0.15, -0.1) is 0 Å². The van der Waals surface area contributed by atoms with E-state index >= 15 is 0 Å². The van der Waals surface area contributed by atoms with E-state index < -0.39 is 12.2 Å². The first-order valence-electron chi connectivity index (χ1n) is 4.60. The summed E-state index contributed by atoms with van der Waals surface area (Å²) in [4.78, 5) is 10.5. The predicted octanol–water partition coefficient (Wildman–Crippen LogP) is 2.32. The van der Waals surface area contributed by atoms with Crippen molar-refractivity contribution in [2.75, 3.05) is 5.32 Å². The molecule has 2 N–H and O–H groups in total. The molecular weight excluding hydrogens is 221 g/mol. The number of nitrogens with one attached hydrogen (secondary N) is 2. The van der Waals surface area contributed by atoms with Crippen LogP contribution in [0.1, 0.15) is 6.92 Å². The van der Waals surface area contributed by atoms with Crippen molar-refractivity contribution in [1.82, 2.24) is 15.0 Å². The Morgan fingerprint density at radius 1 is 1.44 bits per heavy atom. The van der Waals surface area contributed by atoms with Crippen LogP contribution in [0.2, 0.25) is 0 Å². The highest BCUT2D eigenvalue weighted by Crippen LogP contribution is 2.22. The fourth-order valence-corrected chi connectivity index (χ4v) is 1.18. The highest BCUT2D eigenvalue weighted by molar-refractivity contribution is 5.75. The van der Waals surface area contributed by atoms with Crippen LogP contribution in [-0.4, -0.2) is 27.2 Å². The smallest absolute Gasteiger partial charge is 0.346 e. The van der Waals surface area contributed by atoms with Gasteiger partial charge in [0.25, 0.3) is 0 Å². The molecule has 2 aromatic rings. The molecule has 7 heteroatoms. The normalized spacial score (nSPS) is 14.0. The largest absolute Gasteiger partial charge is 0.408 e. The van der Waals surface area contributed by atoms with E-state index in [2.05, 4.69) is 20.3 Å². The van der Waals surface area contributed by atoms with Crippen LogP contribution in [0.3, 0.4) is 0 Å². The molecule has 0 saturated heterocycles. The van der Waals surface area contributed by atoms with Crippen molar-refractivity contribution in [3.63, 3.8) is 0 Å². The minimum atomic E-state index is -4.31. The second-order valence-electron chi connectivity index (χ2n) is 3.38. The summed E-state index contributed by atoms with van der Waals surface area (Å²) in [6.45, 7) is 1.02. The van der Waals surface area contributed by atoms with Gasteiger partial charge in [0.05, 0.1) is 0 Å². The van der Waals surface area contributed by atoms with Crippen LogP contribution in [-0.2, 0) is 0 Å². The van der Waals surface area contributed by atoms with Gasteiger partial charge in [-0.2, -0.15) is 18.2 Å². The summed E-state index contributed by atoms with van der Waals surface area (Å²) in [5.41, 5.74) is 0.506. The minimum Gasteiger partial charge on any atom is -0.346 e. The van der Waals surface area contributed by atoms with E-state index in [4.69, 9.17) is 0 Å². The summed E-state index contributed by atoms with van der Waals surface area (Å²) in [7, 11) is 0. The lowest BCUT2D eigenvalue weighted by Gasteiger charge is -2.16. The number of alkyl halides is 3. The first kappa shape index (κ1) is 10.7. The van der Waals surface area contributed by atoms with E-state index in [1.165, 1.54) is 6.20 Å². The van der Waals surface area contributed by atoms with Crippen LogP contribution in [0.15, 0.2) is 18.5 Å².